The summed E-state index contributed by atoms with van der Waals surface area (Å²) in [5.74, 6) is -3.81. The van der Waals surface area contributed by atoms with Crippen LogP contribution in [0.3, 0.4) is 0 Å². The zero-order valence-corrected chi connectivity index (χ0v) is 14.7. The van der Waals surface area contributed by atoms with Crippen molar-refractivity contribution in [3.05, 3.63) is 29.8 Å². The SMILES string of the molecule is O=C(C1CC(=O)N(c2ccc(F)cc2F)C1)N1C[C@@H]2CCC[C@@]2(C(=O)O)C1. The minimum absolute atomic E-state index is 0.0153. The van der Waals surface area contributed by atoms with Crippen LogP contribution in [-0.4, -0.2) is 47.4 Å². The summed E-state index contributed by atoms with van der Waals surface area (Å²) in [4.78, 5) is 39.7. The first-order chi connectivity index (χ1) is 12.8. The molecule has 3 aliphatic rings. The molecule has 144 valence electrons. The smallest absolute Gasteiger partial charge is 0.311 e. The van der Waals surface area contributed by atoms with Crippen LogP contribution in [0.2, 0.25) is 0 Å². The minimum Gasteiger partial charge on any atom is -0.481 e. The van der Waals surface area contributed by atoms with Crippen molar-refractivity contribution in [3.63, 3.8) is 0 Å². The van der Waals surface area contributed by atoms with E-state index in [1.807, 2.05) is 0 Å². The Bertz CT molecular complexity index is 830. The van der Waals surface area contributed by atoms with Crippen molar-refractivity contribution in [1.29, 1.82) is 0 Å². The molecule has 1 saturated carbocycles. The zero-order chi connectivity index (χ0) is 19.3. The van der Waals surface area contributed by atoms with Gasteiger partial charge in [0, 0.05) is 32.1 Å². The van der Waals surface area contributed by atoms with Crippen LogP contribution in [-0.2, 0) is 14.4 Å². The molecule has 2 heterocycles. The van der Waals surface area contributed by atoms with Crippen LogP contribution in [0.4, 0.5) is 14.5 Å². The van der Waals surface area contributed by atoms with Crippen LogP contribution in [0.1, 0.15) is 25.7 Å². The van der Waals surface area contributed by atoms with E-state index in [9.17, 15) is 28.3 Å². The number of carboxylic acid groups (broad SMARTS) is 1. The highest BCUT2D eigenvalue weighted by molar-refractivity contribution is 6.00. The molecule has 2 saturated heterocycles. The number of carbonyl (C=O) groups is 3. The van der Waals surface area contributed by atoms with Crippen LogP contribution in [0.15, 0.2) is 18.2 Å². The highest BCUT2D eigenvalue weighted by Gasteiger charge is 2.56. The molecule has 2 amide bonds. The first-order valence-electron chi connectivity index (χ1n) is 9.09. The minimum atomic E-state index is -0.874. The molecule has 0 spiro atoms. The lowest BCUT2D eigenvalue weighted by molar-refractivity contribution is -0.149. The van der Waals surface area contributed by atoms with Crippen LogP contribution >= 0.6 is 0 Å². The van der Waals surface area contributed by atoms with Gasteiger partial charge in [-0.1, -0.05) is 6.42 Å². The molecule has 1 aromatic rings. The Morgan fingerprint density at radius 1 is 1.22 bits per heavy atom. The predicted molar refractivity (Wildman–Crippen MR) is 90.8 cm³/mol. The summed E-state index contributed by atoms with van der Waals surface area (Å²) >= 11 is 0. The van der Waals surface area contributed by atoms with Gasteiger partial charge in [-0.05, 0) is 30.9 Å². The van der Waals surface area contributed by atoms with Crippen LogP contribution in [0, 0.1) is 28.9 Å². The highest BCUT2D eigenvalue weighted by Crippen LogP contribution is 2.49. The second-order valence-corrected chi connectivity index (χ2v) is 7.77. The number of aliphatic carboxylic acids is 1. The fraction of sp³-hybridized carbons (Fsp3) is 0.526. The molecule has 1 aliphatic carbocycles. The number of hydrogen-bond donors (Lipinski definition) is 1. The zero-order valence-electron chi connectivity index (χ0n) is 14.7. The van der Waals surface area contributed by atoms with Gasteiger partial charge in [-0.2, -0.15) is 0 Å². The molecule has 1 unspecified atom stereocenters. The molecule has 3 fully saturated rings. The first kappa shape index (κ1) is 17.9. The molecule has 4 rings (SSSR count). The molecule has 6 nitrogen and oxygen atoms in total. The molecule has 8 heteroatoms. The molecular formula is C19H20F2N2O4. The van der Waals surface area contributed by atoms with Crippen molar-refractivity contribution in [2.24, 2.45) is 17.3 Å². The Balaban J connectivity index is 1.50. The number of carboxylic acids is 1. The van der Waals surface area contributed by atoms with Crippen LogP contribution in [0.5, 0.6) is 0 Å². The van der Waals surface area contributed by atoms with Crippen molar-refractivity contribution < 1.29 is 28.3 Å². The van der Waals surface area contributed by atoms with Gasteiger partial charge >= 0.3 is 5.97 Å². The average molecular weight is 378 g/mol. The molecule has 1 aromatic carbocycles. The monoisotopic (exact) mass is 378 g/mol. The third-order valence-electron chi connectivity index (χ3n) is 6.28. The molecule has 0 aromatic heterocycles. The maximum Gasteiger partial charge on any atom is 0.311 e. The number of likely N-dealkylation sites (tertiary alicyclic amines) is 1. The molecule has 3 atom stereocenters. The molecular weight excluding hydrogens is 358 g/mol. The maximum atomic E-state index is 14.0. The molecule has 2 aliphatic heterocycles. The van der Waals surface area contributed by atoms with Gasteiger partial charge in [0.2, 0.25) is 11.8 Å². The van der Waals surface area contributed by atoms with E-state index in [0.717, 1.165) is 18.9 Å². The Labute approximate surface area is 154 Å². The van der Waals surface area contributed by atoms with Gasteiger partial charge in [0.05, 0.1) is 17.0 Å². The lowest BCUT2D eigenvalue weighted by Gasteiger charge is -2.24. The van der Waals surface area contributed by atoms with E-state index < -0.39 is 34.8 Å². The summed E-state index contributed by atoms with van der Waals surface area (Å²) in [5.41, 5.74) is -0.918. The third-order valence-corrected chi connectivity index (χ3v) is 6.28. The first-order valence-corrected chi connectivity index (χ1v) is 9.09. The van der Waals surface area contributed by atoms with Gasteiger partial charge < -0.3 is 14.9 Å². The van der Waals surface area contributed by atoms with E-state index in [1.54, 1.807) is 4.90 Å². The number of rotatable bonds is 3. The Hall–Kier alpha value is -2.51. The normalized spacial score (nSPS) is 30.1. The standard InChI is InChI=1S/C19H20F2N2O4/c20-13-3-4-15(14(21)7-13)23-8-11(6-16(23)24)17(25)22-9-12-2-1-5-19(12,10-22)18(26)27/h3-4,7,11-12H,1-2,5-6,8-10H2,(H,26,27)/t11?,12-,19+/m0/s1. The maximum absolute atomic E-state index is 14.0. The summed E-state index contributed by atoms with van der Waals surface area (Å²) < 4.78 is 27.1. The molecule has 0 bridgehead atoms. The summed E-state index contributed by atoms with van der Waals surface area (Å²) in [6.45, 7) is 0.573. The van der Waals surface area contributed by atoms with Crippen molar-refractivity contribution in [2.45, 2.75) is 25.7 Å². The number of anilines is 1. The van der Waals surface area contributed by atoms with Gasteiger partial charge in [0.15, 0.2) is 0 Å². The number of fused-ring (bicyclic) bond motifs is 1. The van der Waals surface area contributed by atoms with E-state index in [2.05, 4.69) is 0 Å². The Morgan fingerprint density at radius 3 is 2.67 bits per heavy atom. The average Bonchev–Trinajstić information content (AvgIpc) is 3.26. The summed E-state index contributed by atoms with van der Waals surface area (Å²) in [5, 5.41) is 9.65. The van der Waals surface area contributed by atoms with Crippen LogP contribution < -0.4 is 4.90 Å². The highest BCUT2D eigenvalue weighted by atomic mass is 19.1. The van der Waals surface area contributed by atoms with E-state index in [1.165, 1.54) is 11.0 Å². The van der Waals surface area contributed by atoms with Gasteiger partial charge in [0.1, 0.15) is 11.6 Å². The second-order valence-electron chi connectivity index (χ2n) is 7.77. The predicted octanol–water partition coefficient (Wildman–Crippen LogP) is 2.03. The number of halogens is 2. The summed E-state index contributed by atoms with van der Waals surface area (Å²) in [7, 11) is 0. The number of amides is 2. The van der Waals surface area contributed by atoms with Gasteiger partial charge in [-0.3, -0.25) is 14.4 Å². The molecule has 27 heavy (non-hydrogen) atoms. The second kappa shape index (κ2) is 6.28. The molecule has 0 radical (unpaired) electrons. The lowest BCUT2D eigenvalue weighted by atomic mass is 9.81. The lowest BCUT2D eigenvalue weighted by Crippen LogP contribution is -2.40. The fourth-order valence-corrected chi connectivity index (χ4v) is 4.87. The largest absolute Gasteiger partial charge is 0.481 e. The number of nitrogens with zero attached hydrogens (tertiary/aromatic N) is 2. The number of benzene rings is 1. The van der Waals surface area contributed by atoms with E-state index in [4.69, 9.17) is 0 Å². The number of carbonyl (C=O) groups excluding carboxylic acids is 2. The van der Waals surface area contributed by atoms with Crippen molar-refractivity contribution in [2.75, 3.05) is 24.5 Å². The molecule has 1 N–H and O–H groups in total. The topological polar surface area (TPSA) is 77.9 Å². The van der Waals surface area contributed by atoms with Crippen molar-refractivity contribution in [1.82, 2.24) is 4.90 Å². The number of hydrogen-bond acceptors (Lipinski definition) is 3. The fourth-order valence-electron chi connectivity index (χ4n) is 4.87. The van der Waals surface area contributed by atoms with Crippen LogP contribution in [0.25, 0.3) is 0 Å². The van der Waals surface area contributed by atoms with E-state index in [-0.39, 0.29) is 37.0 Å². The van der Waals surface area contributed by atoms with E-state index >= 15 is 0 Å². The van der Waals surface area contributed by atoms with Gasteiger partial charge in [0.25, 0.3) is 0 Å². The summed E-state index contributed by atoms with van der Waals surface area (Å²) in [6.07, 6.45) is 2.13. The Morgan fingerprint density at radius 2 is 2.00 bits per heavy atom. The summed E-state index contributed by atoms with van der Waals surface area (Å²) in [6, 6.07) is 2.96. The van der Waals surface area contributed by atoms with Gasteiger partial charge in [-0.25, -0.2) is 8.78 Å². The third kappa shape index (κ3) is 2.78. The Kier molecular flexibility index (Phi) is 4.16. The van der Waals surface area contributed by atoms with Crippen molar-refractivity contribution >= 4 is 23.5 Å². The van der Waals surface area contributed by atoms with Gasteiger partial charge in [-0.15, -0.1) is 0 Å². The quantitative estimate of drug-likeness (QED) is 0.873. The van der Waals surface area contributed by atoms with Crippen molar-refractivity contribution in [3.8, 4) is 0 Å². The van der Waals surface area contributed by atoms with E-state index in [0.29, 0.717) is 19.0 Å².